The summed E-state index contributed by atoms with van der Waals surface area (Å²) >= 11 is 5.89. The van der Waals surface area contributed by atoms with Crippen molar-refractivity contribution in [2.75, 3.05) is 12.4 Å². The van der Waals surface area contributed by atoms with Crippen molar-refractivity contribution in [1.29, 1.82) is 0 Å². The molecule has 0 radical (unpaired) electrons. The summed E-state index contributed by atoms with van der Waals surface area (Å²) in [5.41, 5.74) is 1.08. The molecule has 0 fully saturated rings. The van der Waals surface area contributed by atoms with Gasteiger partial charge in [-0.15, -0.1) is 0 Å². The molecule has 3 aromatic rings. The molecule has 0 bridgehead atoms. The van der Waals surface area contributed by atoms with Crippen molar-refractivity contribution < 1.29 is 22.7 Å². The molecule has 166 valence electrons. The van der Waals surface area contributed by atoms with Crippen molar-refractivity contribution in [3.05, 3.63) is 47.5 Å². The van der Waals surface area contributed by atoms with Crippen LogP contribution in [0.3, 0.4) is 0 Å². The molecule has 0 saturated carbocycles. The summed E-state index contributed by atoms with van der Waals surface area (Å²) in [6, 6.07) is 7.52. The van der Waals surface area contributed by atoms with E-state index >= 15 is 0 Å². The van der Waals surface area contributed by atoms with Gasteiger partial charge >= 0.3 is 7.60 Å². The van der Waals surface area contributed by atoms with E-state index in [0.717, 1.165) is 0 Å². The number of methoxy groups -OCH3 is 1. The molecule has 1 heterocycles. The number of hydrogen-bond acceptors (Lipinski definition) is 7. The molecule has 0 saturated heterocycles. The van der Waals surface area contributed by atoms with Crippen molar-refractivity contribution >= 4 is 46.9 Å². The second-order valence-corrected chi connectivity index (χ2v) is 9.63. The van der Waals surface area contributed by atoms with E-state index in [-0.39, 0.29) is 22.5 Å². The number of anilines is 2. The Morgan fingerprint density at radius 2 is 1.74 bits per heavy atom. The highest BCUT2D eigenvalue weighted by molar-refractivity contribution is 7.62. The van der Waals surface area contributed by atoms with Gasteiger partial charge in [-0.25, -0.2) is 14.4 Å². The first-order valence-electron chi connectivity index (χ1n) is 9.65. The highest BCUT2D eigenvalue weighted by atomic mass is 35.5. The van der Waals surface area contributed by atoms with Gasteiger partial charge in [0.15, 0.2) is 0 Å². The predicted molar refractivity (Wildman–Crippen MR) is 120 cm³/mol. The lowest BCUT2D eigenvalue weighted by atomic mass is 10.2. The van der Waals surface area contributed by atoms with Crippen LogP contribution in [0.5, 0.6) is 5.75 Å². The maximum Gasteiger partial charge on any atom is 0.365 e. The van der Waals surface area contributed by atoms with Crippen LogP contribution in [-0.2, 0) is 13.6 Å². The fourth-order valence-corrected chi connectivity index (χ4v) is 5.23. The first-order chi connectivity index (χ1) is 14.6. The maximum atomic E-state index is 13.8. The normalized spacial score (nSPS) is 12.0. The maximum absolute atomic E-state index is 13.8. The molecular weight excluding hydrogens is 444 g/mol. The van der Waals surface area contributed by atoms with Gasteiger partial charge in [0.05, 0.1) is 29.9 Å². The summed E-state index contributed by atoms with van der Waals surface area (Å²) in [5, 5.41) is 3.89. The molecular formula is C21H24ClFN3O4P. The van der Waals surface area contributed by atoms with Gasteiger partial charge < -0.3 is 19.1 Å². The minimum atomic E-state index is -3.74. The zero-order valence-corrected chi connectivity index (χ0v) is 19.5. The lowest BCUT2D eigenvalue weighted by molar-refractivity contribution is 0.150. The third-order valence-electron chi connectivity index (χ3n) is 4.11. The zero-order chi connectivity index (χ0) is 22.8. The van der Waals surface area contributed by atoms with E-state index in [1.165, 1.54) is 31.6 Å². The number of rotatable bonds is 8. The summed E-state index contributed by atoms with van der Waals surface area (Å²) in [5.74, 6) is 0.216. The van der Waals surface area contributed by atoms with Crippen LogP contribution in [-0.4, -0.2) is 29.3 Å². The van der Waals surface area contributed by atoms with E-state index in [2.05, 4.69) is 15.3 Å². The zero-order valence-electron chi connectivity index (χ0n) is 17.8. The summed E-state index contributed by atoms with van der Waals surface area (Å²) in [6.07, 6.45) is 0.677. The van der Waals surface area contributed by atoms with Gasteiger partial charge in [0.25, 0.3) is 0 Å². The summed E-state index contributed by atoms with van der Waals surface area (Å²) in [6.45, 7) is 7.10. The number of aromatic nitrogens is 2. The Morgan fingerprint density at radius 3 is 2.32 bits per heavy atom. The Bertz CT molecular complexity index is 1130. The highest BCUT2D eigenvalue weighted by Crippen LogP contribution is 2.52. The summed E-state index contributed by atoms with van der Waals surface area (Å²) in [4.78, 5) is 8.56. The SMILES string of the molecule is COc1cc2ncnc(Nc3ccc(F)c(Cl)c3)c2cc1P(=O)(OC(C)C)OC(C)C. The van der Waals surface area contributed by atoms with Gasteiger partial charge in [-0.1, -0.05) is 11.6 Å². The smallest absolute Gasteiger partial charge is 0.365 e. The molecule has 0 spiro atoms. The summed E-state index contributed by atoms with van der Waals surface area (Å²) in [7, 11) is -2.27. The monoisotopic (exact) mass is 467 g/mol. The van der Waals surface area contributed by atoms with E-state index in [4.69, 9.17) is 25.4 Å². The van der Waals surface area contributed by atoms with Crippen LogP contribution in [0.1, 0.15) is 27.7 Å². The second-order valence-electron chi connectivity index (χ2n) is 7.32. The first-order valence-corrected chi connectivity index (χ1v) is 11.6. The number of nitrogens with one attached hydrogen (secondary N) is 1. The van der Waals surface area contributed by atoms with Crippen molar-refractivity contribution in [1.82, 2.24) is 9.97 Å². The molecule has 7 nitrogen and oxygen atoms in total. The van der Waals surface area contributed by atoms with Crippen LogP contribution < -0.4 is 15.4 Å². The van der Waals surface area contributed by atoms with Gasteiger partial charge in [0, 0.05) is 17.1 Å². The quantitative estimate of drug-likeness (QED) is 0.416. The average molecular weight is 468 g/mol. The highest BCUT2D eigenvalue weighted by Gasteiger charge is 2.34. The predicted octanol–water partition coefficient (Wildman–Crippen LogP) is 5.84. The van der Waals surface area contributed by atoms with Gasteiger partial charge in [-0.2, -0.15) is 0 Å². The Labute approximate surface area is 185 Å². The number of ether oxygens (including phenoxy) is 1. The van der Waals surface area contributed by atoms with Crippen LogP contribution >= 0.6 is 19.2 Å². The number of nitrogens with zero attached hydrogens (tertiary/aromatic N) is 2. The minimum absolute atomic E-state index is 0.0223. The van der Waals surface area contributed by atoms with Gasteiger partial charge in [0.1, 0.15) is 29.0 Å². The number of benzene rings is 2. The van der Waals surface area contributed by atoms with Crippen molar-refractivity contribution in [2.24, 2.45) is 0 Å². The van der Waals surface area contributed by atoms with E-state index in [1.54, 1.807) is 39.8 Å². The minimum Gasteiger partial charge on any atom is -0.496 e. The number of hydrogen-bond donors (Lipinski definition) is 1. The van der Waals surface area contributed by atoms with Crippen LogP contribution in [0.25, 0.3) is 10.9 Å². The number of halogens is 2. The average Bonchev–Trinajstić information content (AvgIpc) is 2.68. The number of fused-ring (bicyclic) bond motifs is 1. The molecule has 10 heteroatoms. The third-order valence-corrected chi connectivity index (χ3v) is 6.74. The molecule has 1 aromatic heterocycles. The van der Waals surface area contributed by atoms with Gasteiger partial charge in [0.2, 0.25) is 0 Å². The Balaban J connectivity index is 2.17. The Kier molecular flexibility index (Phi) is 7.17. The molecule has 3 rings (SSSR count). The molecule has 1 N–H and O–H groups in total. The third kappa shape index (κ3) is 5.33. The molecule has 31 heavy (non-hydrogen) atoms. The lowest BCUT2D eigenvalue weighted by Gasteiger charge is -2.24. The fraction of sp³-hybridized carbons (Fsp3) is 0.333. The Hall–Kier alpha value is -2.25. The molecule has 0 atom stereocenters. The van der Waals surface area contributed by atoms with Gasteiger partial charge in [-0.3, -0.25) is 4.57 Å². The van der Waals surface area contributed by atoms with E-state index in [1.807, 2.05) is 0 Å². The molecule has 0 unspecified atom stereocenters. The van der Waals surface area contributed by atoms with Crippen LogP contribution in [0.2, 0.25) is 5.02 Å². The standard InChI is InChI=1S/C21H24ClFN3O4P/c1-12(2)29-31(27,30-13(3)4)20-9-15-18(10-19(20)28-5)24-11-25-21(15)26-14-6-7-17(23)16(22)8-14/h6-13H,1-5H3,(H,24,25,26). The van der Waals surface area contributed by atoms with Crippen LogP contribution in [0.15, 0.2) is 36.7 Å². The van der Waals surface area contributed by atoms with Crippen molar-refractivity contribution in [3.63, 3.8) is 0 Å². The van der Waals surface area contributed by atoms with Gasteiger partial charge in [-0.05, 0) is 52.0 Å². The van der Waals surface area contributed by atoms with Crippen molar-refractivity contribution in [2.45, 2.75) is 39.9 Å². The lowest BCUT2D eigenvalue weighted by Crippen LogP contribution is -2.19. The molecule has 0 aliphatic rings. The fourth-order valence-electron chi connectivity index (χ4n) is 2.95. The van der Waals surface area contributed by atoms with E-state index in [9.17, 15) is 8.96 Å². The molecule has 0 amide bonds. The molecule has 2 aromatic carbocycles. The van der Waals surface area contributed by atoms with E-state index < -0.39 is 13.4 Å². The van der Waals surface area contributed by atoms with Crippen LogP contribution in [0, 0.1) is 5.82 Å². The molecule has 0 aliphatic heterocycles. The topological polar surface area (TPSA) is 82.6 Å². The largest absolute Gasteiger partial charge is 0.496 e. The second kappa shape index (κ2) is 9.49. The Morgan fingerprint density at radius 1 is 1.06 bits per heavy atom. The van der Waals surface area contributed by atoms with Crippen LogP contribution in [0.4, 0.5) is 15.9 Å². The van der Waals surface area contributed by atoms with E-state index in [0.29, 0.717) is 28.2 Å². The molecule has 0 aliphatic carbocycles. The first kappa shape index (κ1) is 23.4. The van der Waals surface area contributed by atoms with Crippen molar-refractivity contribution in [3.8, 4) is 5.75 Å². The summed E-state index contributed by atoms with van der Waals surface area (Å²) < 4.78 is 44.2.